The van der Waals surface area contributed by atoms with Crippen LogP contribution in [0.1, 0.15) is 58.8 Å². The molecule has 0 amide bonds. The first-order chi connectivity index (χ1) is 6.35. The molecule has 0 bridgehead atoms. The van der Waals surface area contributed by atoms with E-state index in [0.717, 1.165) is 6.42 Å². The number of ether oxygens (including phenoxy) is 1. The maximum absolute atomic E-state index is 5.49. The third-order valence-corrected chi connectivity index (χ3v) is 2.44. The third-order valence-electron chi connectivity index (χ3n) is 2.44. The first kappa shape index (κ1) is 13.0. The van der Waals surface area contributed by atoms with E-state index in [1.807, 2.05) is 0 Å². The summed E-state index contributed by atoms with van der Waals surface area (Å²) in [7, 11) is 0. The molecule has 0 saturated heterocycles. The summed E-state index contributed by atoms with van der Waals surface area (Å²) in [4.78, 5) is 0. The van der Waals surface area contributed by atoms with Gasteiger partial charge in [-0.25, -0.2) is 0 Å². The van der Waals surface area contributed by atoms with Crippen LogP contribution >= 0.6 is 0 Å². The zero-order valence-corrected chi connectivity index (χ0v) is 9.35. The molecule has 1 atom stereocenters. The van der Waals surface area contributed by atoms with Gasteiger partial charge < -0.3 is 4.74 Å². The minimum absolute atomic E-state index is 0.458. The quantitative estimate of drug-likeness (QED) is 0.494. The number of hydrogen-bond acceptors (Lipinski definition) is 1. The molecule has 0 spiro atoms. The molecule has 0 aliphatic heterocycles. The molecule has 79 valence electrons. The van der Waals surface area contributed by atoms with Gasteiger partial charge >= 0.3 is 0 Å². The fraction of sp³-hybridized carbons (Fsp3) is 0.917. The Bertz CT molecular complexity index is 91.1. The number of unbranched alkanes of at least 4 members (excludes halogenated alkanes) is 4. The van der Waals surface area contributed by atoms with E-state index in [2.05, 4.69) is 20.8 Å². The van der Waals surface area contributed by atoms with E-state index >= 15 is 0 Å². The van der Waals surface area contributed by atoms with Crippen LogP contribution in [0.4, 0.5) is 0 Å². The monoisotopic (exact) mass is 185 g/mol. The summed E-state index contributed by atoms with van der Waals surface area (Å²) in [5, 5.41) is 0. The van der Waals surface area contributed by atoms with E-state index in [9.17, 15) is 0 Å². The van der Waals surface area contributed by atoms with Crippen molar-refractivity contribution >= 4 is 0 Å². The Morgan fingerprint density at radius 1 is 1.08 bits per heavy atom. The fourth-order valence-electron chi connectivity index (χ4n) is 1.55. The SMILES string of the molecule is [CH2]COC(CC)CCCCCCC. The Kier molecular flexibility index (Phi) is 10.0. The van der Waals surface area contributed by atoms with Crippen LogP contribution in [0.2, 0.25) is 0 Å². The third kappa shape index (κ3) is 8.29. The summed E-state index contributed by atoms with van der Waals surface area (Å²) >= 11 is 0. The van der Waals surface area contributed by atoms with E-state index in [4.69, 9.17) is 4.74 Å². The molecule has 13 heavy (non-hydrogen) atoms. The smallest absolute Gasteiger partial charge is 0.0572 e. The Morgan fingerprint density at radius 2 is 1.77 bits per heavy atom. The van der Waals surface area contributed by atoms with Crippen LogP contribution in [0.15, 0.2) is 0 Å². The molecule has 0 aromatic carbocycles. The molecule has 1 radical (unpaired) electrons. The van der Waals surface area contributed by atoms with Crippen LogP contribution in [-0.2, 0) is 4.74 Å². The van der Waals surface area contributed by atoms with Gasteiger partial charge in [-0.2, -0.15) is 0 Å². The predicted octanol–water partition coefficient (Wildman–Crippen LogP) is 3.98. The average molecular weight is 185 g/mol. The van der Waals surface area contributed by atoms with Crippen molar-refractivity contribution in [2.75, 3.05) is 6.61 Å². The van der Waals surface area contributed by atoms with E-state index < -0.39 is 0 Å². The molecule has 0 fully saturated rings. The van der Waals surface area contributed by atoms with Crippen LogP contribution in [0.5, 0.6) is 0 Å². The summed E-state index contributed by atoms with van der Waals surface area (Å²) in [6, 6.07) is 0. The minimum atomic E-state index is 0.458. The molecule has 0 aliphatic carbocycles. The Labute approximate surface area is 83.9 Å². The van der Waals surface area contributed by atoms with Gasteiger partial charge in [0.05, 0.1) is 6.10 Å². The summed E-state index contributed by atoms with van der Waals surface area (Å²) < 4.78 is 5.49. The standard InChI is InChI=1S/C12H25O/c1-4-7-8-9-10-11-12(5-2)13-6-3/h12H,3-11H2,1-2H3. The summed E-state index contributed by atoms with van der Waals surface area (Å²) in [5.41, 5.74) is 0. The van der Waals surface area contributed by atoms with Crippen molar-refractivity contribution < 1.29 is 4.74 Å². The second kappa shape index (κ2) is 10.0. The zero-order chi connectivity index (χ0) is 9.94. The Hall–Kier alpha value is -0.0400. The molecular weight excluding hydrogens is 160 g/mol. The Balaban J connectivity index is 3.17. The predicted molar refractivity (Wildman–Crippen MR) is 58.8 cm³/mol. The van der Waals surface area contributed by atoms with Crippen LogP contribution in [0.25, 0.3) is 0 Å². The first-order valence-corrected chi connectivity index (χ1v) is 5.76. The van der Waals surface area contributed by atoms with E-state index in [1.165, 1.54) is 38.5 Å². The second-order valence-electron chi connectivity index (χ2n) is 3.60. The largest absolute Gasteiger partial charge is 0.378 e. The maximum atomic E-state index is 5.49. The molecule has 0 aromatic heterocycles. The molecule has 0 aliphatic rings. The molecule has 0 saturated carbocycles. The van der Waals surface area contributed by atoms with Crippen molar-refractivity contribution in [3.63, 3.8) is 0 Å². The molecule has 0 rings (SSSR count). The fourth-order valence-corrected chi connectivity index (χ4v) is 1.55. The van der Waals surface area contributed by atoms with Crippen molar-refractivity contribution in [3.8, 4) is 0 Å². The van der Waals surface area contributed by atoms with Gasteiger partial charge in [-0.1, -0.05) is 46.0 Å². The van der Waals surface area contributed by atoms with Gasteiger partial charge in [0, 0.05) is 6.61 Å². The van der Waals surface area contributed by atoms with Crippen LogP contribution in [-0.4, -0.2) is 12.7 Å². The van der Waals surface area contributed by atoms with Gasteiger partial charge in [0.25, 0.3) is 0 Å². The van der Waals surface area contributed by atoms with Gasteiger partial charge in [-0.3, -0.25) is 0 Å². The minimum Gasteiger partial charge on any atom is -0.378 e. The van der Waals surface area contributed by atoms with Crippen molar-refractivity contribution in [1.82, 2.24) is 0 Å². The number of rotatable bonds is 9. The summed E-state index contributed by atoms with van der Waals surface area (Å²) in [6.45, 7) is 8.76. The van der Waals surface area contributed by atoms with E-state index in [0.29, 0.717) is 12.7 Å². The highest BCUT2D eigenvalue weighted by Gasteiger charge is 2.03. The van der Waals surface area contributed by atoms with Crippen molar-refractivity contribution in [3.05, 3.63) is 6.92 Å². The highest BCUT2D eigenvalue weighted by Crippen LogP contribution is 2.11. The van der Waals surface area contributed by atoms with Crippen LogP contribution in [0.3, 0.4) is 0 Å². The Morgan fingerprint density at radius 3 is 2.31 bits per heavy atom. The lowest BCUT2D eigenvalue weighted by Gasteiger charge is -2.14. The first-order valence-electron chi connectivity index (χ1n) is 5.76. The zero-order valence-electron chi connectivity index (χ0n) is 9.35. The van der Waals surface area contributed by atoms with E-state index in [1.54, 1.807) is 0 Å². The molecule has 0 heterocycles. The summed E-state index contributed by atoms with van der Waals surface area (Å²) in [5.74, 6) is 0. The van der Waals surface area contributed by atoms with Gasteiger partial charge in [0.2, 0.25) is 0 Å². The average Bonchev–Trinajstić information content (AvgIpc) is 2.16. The lowest BCUT2D eigenvalue weighted by Crippen LogP contribution is -2.11. The normalized spacial score (nSPS) is 13.2. The molecule has 1 nitrogen and oxygen atoms in total. The van der Waals surface area contributed by atoms with Crippen LogP contribution < -0.4 is 0 Å². The van der Waals surface area contributed by atoms with E-state index in [-0.39, 0.29) is 0 Å². The molecule has 0 N–H and O–H groups in total. The molecule has 0 aromatic rings. The second-order valence-corrected chi connectivity index (χ2v) is 3.60. The number of hydrogen-bond donors (Lipinski definition) is 0. The molecule has 1 unspecified atom stereocenters. The summed E-state index contributed by atoms with van der Waals surface area (Å²) in [6.07, 6.45) is 9.58. The lowest BCUT2D eigenvalue weighted by molar-refractivity contribution is 0.0620. The highest BCUT2D eigenvalue weighted by molar-refractivity contribution is 4.56. The van der Waals surface area contributed by atoms with Gasteiger partial charge in [0.1, 0.15) is 0 Å². The topological polar surface area (TPSA) is 9.23 Å². The van der Waals surface area contributed by atoms with Gasteiger partial charge in [-0.05, 0) is 19.8 Å². The van der Waals surface area contributed by atoms with Crippen molar-refractivity contribution in [2.45, 2.75) is 64.9 Å². The highest BCUT2D eigenvalue weighted by atomic mass is 16.5. The van der Waals surface area contributed by atoms with Crippen molar-refractivity contribution in [1.29, 1.82) is 0 Å². The van der Waals surface area contributed by atoms with Gasteiger partial charge in [0.15, 0.2) is 0 Å². The lowest BCUT2D eigenvalue weighted by atomic mass is 10.1. The molecular formula is C12H25O. The molecule has 1 heteroatoms. The van der Waals surface area contributed by atoms with Gasteiger partial charge in [-0.15, -0.1) is 0 Å². The van der Waals surface area contributed by atoms with Crippen LogP contribution in [0, 0.1) is 6.92 Å². The maximum Gasteiger partial charge on any atom is 0.0572 e. The van der Waals surface area contributed by atoms with Crippen molar-refractivity contribution in [2.24, 2.45) is 0 Å².